The molecule has 0 radical (unpaired) electrons. The largest absolute Gasteiger partial charge is 0.416 e. The van der Waals surface area contributed by atoms with Crippen molar-refractivity contribution in [1.29, 1.82) is 0 Å². The van der Waals surface area contributed by atoms with E-state index in [-0.39, 0.29) is 11.8 Å². The molecule has 5 aromatic rings. The van der Waals surface area contributed by atoms with E-state index >= 15 is 9.18 Å². The normalized spacial score (nSPS) is 28.6. The van der Waals surface area contributed by atoms with Gasteiger partial charge in [-0.15, -0.1) is 11.8 Å². The highest BCUT2D eigenvalue weighted by molar-refractivity contribution is 7.98. The van der Waals surface area contributed by atoms with E-state index in [4.69, 9.17) is 32.9 Å². The second-order valence-electron chi connectivity index (χ2n) is 10.1. The number of thioether (sulfide) groups is 1. The highest BCUT2D eigenvalue weighted by atomic mass is 32.2. The number of fused-ring (bicyclic) bond motifs is 1. The highest BCUT2D eigenvalue weighted by Gasteiger charge is 2.31. The number of carbonyl (C=O) groups is 1. The Hall–Kier alpha value is -4.52. The molecule has 6 rings (SSSR count). The van der Waals surface area contributed by atoms with Crippen molar-refractivity contribution in [3.63, 3.8) is 0 Å². The average Bonchev–Trinajstić information content (AvgIpc) is 0.661. The summed E-state index contributed by atoms with van der Waals surface area (Å²) < 4.78 is 365. The second-order valence-corrected chi connectivity index (χ2v) is 11.0. The van der Waals surface area contributed by atoms with Crippen LogP contribution in [0.5, 0.6) is 0 Å². The second kappa shape index (κ2) is 16.7. The minimum Gasteiger partial charge on any atom is -0.383 e. The average molecular weight is 783 g/mol. The fourth-order valence-corrected chi connectivity index (χ4v) is 5.06. The number of amides is 1. The third kappa shape index (κ3) is 9.00. The molecule has 1 amide bonds. The van der Waals surface area contributed by atoms with Gasteiger partial charge in [-0.2, -0.15) is 13.2 Å². The summed E-state index contributed by atoms with van der Waals surface area (Å²) in [5.74, 6) is -8.73. The lowest BCUT2D eigenvalue weighted by atomic mass is 9.97. The summed E-state index contributed by atoms with van der Waals surface area (Å²) in [6, 6.07) is -29.2. The van der Waals surface area contributed by atoms with Crippen LogP contribution >= 0.6 is 11.8 Å². The molecule has 0 bridgehead atoms. The lowest BCUT2D eigenvalue weighted by Crippen LogP contribution is -2.48. The summed E-state index contributed by atoms with van der Waals surface area (Å²) in [5.41, 5.74) is -12.8. The molecule has 0 atom stereocenters. The van der Waals surface area contributed by atoms with Gasteiger partial charge >= 0.3 is 6.18 Å². The van der Waals surface area contributed by atoms with Gasteiger partial charge in [0.15, 0.2) is 17.1 Å². The van der Waals surface area contributed by atoms with Crippen molar-refractivity contribution >= 4 is 28.6 Å². The number of para-hydroxylation sites is 1. The number of alkyl halides is 3. The van der Waals surface area contributed by atoms with Crippen LogP contribution < -0.4 is 5.43 Å². The number of likely N-dealkylation sites (tertiary alicyclic amines) is 1. The number of benzene rings is 4. The molecule has 0 saturated carbocycles. The van der Waals surface area contributed by atoms with Crippen LogP contribution in [0.1, 0.15) is 80.2 Å². The quantitative estimate of drug-likeness (QED) is 0.0937. The number of pyridine rings is 1. The topological polar surface area (TPSA) is 54.8 Å². The molecular weight excluding hydrogens is 710 g/mol. The van der Waals surface area contributed by atoms with Crippen LogP contribution in [0.25, 0.3) is 22.0 Å². The first-order chi connectivity index (χ1) is 38.5. The van der Waals surface area contributed by atoms with Crippen molar-refractivity contribution < 1.29 is 76.7 Å². The number of methoxy groups -OCH3 is 1. The molecule has 1 aliphatic heterocycles. The summed E-state index contributed by atoms with van der Waals surface area (Å²) in [6.07, 6.45) is -15.9. The van der Waals surface area contributed by atoms with Crippen molar-refractivity contribution in [2.24, 2.45) is 0 Å². The first-order valence-corrected chi connectivity index (χ1v) is 15.3. The van der Waals surface area contributed by atoms with Gasteiger partial charge in [0.1, 0.15) is 6.50 Å². The summed E-state index contributed by atoms with van der Waals surface area (Å²) in [6.45, 7) is -25.3. The Bertz CT molecular complexity index is 3670. The van der Waals surface area contributed by atoms with Crippen molar-refractivity contribution in [2.45, 2.75) is 55.6 Å². The van der Waals surface area contributed by atoms with Crippen molar-refractivity contribution in [3.05, 3.63) is 135 Å². The Kier molecular flexibility index (Phi) is 4.59. The third-order valence-corrected chi connectivity index (χ3v) is 7.61. The predicted molar refractivity (Wildman–Crippen MR) is 198 cm³/mol. The van der Waals surface area contributed by atoms with E-state index in [2.05, 4.69) is 4.74 Å². The maximum atomic E-state index is 16.1. The molecule has 1 saturated heterocycles. The first kappa shape index (κ1) is 14.6. The minimum absolute atomic E-state index is 0.318. The third-order valence-electron chi connectivity index (χ3n) is 6.62. The summed E-state index contributed by atoms with van der Waals surface area (Å²) in [4.78, 5) is 27.9. The zero-order chi connectivity index (χ0) is 66.7. The molecule has 1 fully saturated rings. The molecule has 2 heterocycles. The van der Waals surface area contributed by atoms with Gasteiger partial charge < -0.3 is 19.1 Å². The Morgan fingerprint density at radius 3 is 2.49 bits per heavy atom. The number of hydrogen-bond acceptors (Lipinski definition) is 5. The number of ether oxygens (including phenoxy) is 1. The molecule has 12 heteroatoms. The predicted octanol–water partition coefficient (Wildman–Crippen LogP) is 8.71. The monoisotopic (exact) mass is 782 g/mol. The van der Waals surface area contributed by atoms with E-state index in [1.807, 2.05) is 0 Å². The van der Waals surface area contributed by atoms with Crippen LogP contribution in [-0.2, 0) is 34.5 Å². The van der Waals surface area contributed by atoms with E-state index in [0.29, 0.717) is 6.92 Å². The van der Waals surface area contributed by atoms with E-state index in [1.54, 1.807) is 0 Å². The Morgan fingerprint density at radius 1 is 1.02 bits per heavy atom. The van der Waals surface area contributed by atoms with E-state index < -0.39 is 254 Å². The molecule has 53 heavy (non-hydrogen) atoms. The van der Waals surface area contributed by atoms with Gasteiger partial charge in [-0.3, -0.25) is 9.59 Å². The fraction of sp³-hybridized carbons (Fsp3) is 0.317. The lowest BCUT2D eigenvalue weighted by molar-refractivity contribution is -0.137. The van der Waals surface area contributed by atoms with Gasteiger partial charge in [0.2, 0.25) is 5.91 Å². The Morgan fingerprint density at radius 2 is 1.75 bits per heavy atom. The van der Waals surface area contributed by atoms with Gasteiger partial charge in [-0.1, -0.05) is 54.4 Å². The zero-order valence-corrected chi connectivity index (χ0v) is 27.1. The molecule has 0 N–H and O–H groups in total. The van der Waals surface area contributed by atoms with Gasteiger partial charge in [0.05, 0.1) is 54.2 Å². The van der Waals surface area contributed by atoms with Gasteiger partial charge in [0.25, 0.3) is 0 Å². The molecule has 1 aliphatic rings. The molecular formula is C41H40F5N3O3S. The SMILES string of the molecule is [2H]c1c([2H])c(F)c(F)c(CSc2c([2H])c(=O)c3c([2H])c([2H])c([2H])c([2H])c3n2C([2H])([2H])C(=O)N(C([2H])([2H])c2c([2H])c([2H])c(-c3c([2H])c([2H])c(C(F)(F)F)c([2H])c3[2H])c([2H])c2C)C2([2H])C([2H])([2H])C([2H])([2H])N(C([2H])([2H])COC([2H])([2H])[2H])C([2H])([2H])C2([2H])[2H])c1[2H]. The first-order valence-electron chi connectivity index (χ1n) is 30.8. The number of nitrogens with zero attached hydrogens (tertiary/aromatic N) is 3. The van der Waals surface area contributed by atoms with Crippen LogP contribution in [0.3, 0.4) is 0 Å². The maximum absolute atomic E-state index is 16.1. The van der Waals surface area contributed by atoms with Crippen LogP contribution in [0, 0.1) is 18.6 Å². The Labute approximate surface area is 355 Å². The number of halogens is 5. The van der Waals surface area contributed by atoms with Crippen LogP contribution in [0.4, 0.5) is 22.0 Å². The van der Waals surface area contributed by atoms with E-state index in [9.17, 15) is 34.7 Å². The van der Waals surface area contributed by atoms with Crippen molar-refractivity contribution in [3.8, 4) is 11.1 Å². The number of rotatable bonds is 12. The highest BCUT2D eigenvalue weighted by Crippen LogP contribution is 2.32. The number of carbonyl (C=O) groups excluding carboxylic acids is 1. The summed E-state index contributed by atoms with van der Waals surface area (Å²) >= 11 is -0.318. The van der Waals surface area contributed by atoms with Crippen molar-refractivity contribution in [2.75, 3.05) is 33.1 Å². The lowest BCUT2D eigenvalue weighted by Gasteiger charge is -2.39. The summed E-state index contributed by atoms with van der Waals surface area (Å²) in [7, 11) is -3.64. The smallest absolute Gasteiger partial charge is 0.383 e. The molecule has 0 spiro atoms. The number of hydrogen-bond donors (Lipinski definition) is 0. The number of piperidine rings is 1. The summed E-state index contributed by atoms with van der Waals surface area (Å²) in [5, 5.41) is -3.01. The van der Waals surface area contributed by atoms with Gasteiger partial charge in [-0.25, -0.2) is 8.78 Å². The minimum atomic E-state index is -5.60. The van der Waals surface area contributed by atoms with Gasteiger partial charge in [0, 0.05) is 75.5 Å². The van der Waals surface area contributed by atoms with E-state index in [1.165, 1.54) is 0 Å². The molecule has 4 aromatic carbocycles. The molecule has 0 aliphatic carbocycles. The van der Waals surface area contributed by atoms with Crippen molar-refractivity contribution in [1.82, 2.24) is 14.4 Å². The standard InChI is InChI=1S/C41H40F5N3O3S/c1-27-22-29(28-12-14-32(15-13-28)41(44,45)46)10-11-30(27)24-48(33-16-18-47(19-17-33)20-21-52-2)38(51)25-49-36-9-4-3-7-34(36)37(50)23-39(49)53-26-31-6-5-8-35(42)40(31)43/h3-15,22-23,33H,16-21,24-26H2,1-2H3/i2D3,3D,4D,5D,6D,7D,8D,9D,10D,11D,12D,13D,14D,15D,16D2,17D2,18D2,19D2,20D2,22D,23D,24D2,25D2,33D. The van der Waals surface area contributed by atoms with E-state index in [0.717, 1.165) is 0 Å². The maximum Gasteiger partial charge on any atom is 0.416 e. The Balaban J connectivity index is 1.86. The van der Waals surface area contributed by atoms with Crippen LogP contribution in [0.15, 0.2) is 100 Å². The molecule has 1 aromatic heterocycles. The molecule has 278 valence electrons. The zero-order valence-electron chi connectivity index (χ0n) is 59.3. The van der Waals surface area contributed by atoms with Gasteiger partial charge in [-0.05, 0) is 72.1 Å². The fourth-order valence-electron chi connectivity index (χ4n) is 4.15. The molecule has 6 nitrogen and oxygen atoms in total. The number of aromatic nitrogens is 1. The molecule has 0 unspecified atom stereocenters. The van der Waals surface area contributed by atoms with Crippen LogP contribution in [0.2, 0.25) is 0 Å². The van der Waals surface area contributed by atoms with Crippen LogP contribution in [-0.4, -0.2) is 59.4 Å².